The third kappa shape index (κ3) is 5.15. The second-order valence-electron chi connectivity index (χ2n) is 10.4. The number of likely N-dealkylation sites (tertiary alicyclic amines) is 1. The van der Waals surface area contributed by atoms with Crippen molar-refractivity contribution in [3.05, 3.63) is 76.4 Å². The largest absolute Gasteiger partial charge is 0.497 e. The first-order valence-corrected chi connectivity index (χ1v) is 15.7. The van der Waals surface area contributed by atoms with Gasteiger partial charge in [-0.3, -0.25) is 9.69 Å². The summed E-state index contributed by atoms with van der Waals surface area (Å²) in [5.41, 5.74) is 4.42. The van der Waals surface area contributed by atoms with Crippen molar-refractivity contribution < 1.29 is 19.1 Å². The monoisotopic (exact) mass is 588 g/mol. The Bertz CT molecular complexity index is 1460. The van der Waals surface area contributed by atoms with Crippen LogP contribution >= 0.6 is 11.3 Å². The molecule has 8 nitrogen and oxygen atoms in total. The maximum atomic E-state index is 13.7. The van der Waals surface area contributed by atoms with E-state index in [2.05, 4.69) is 17.1 Å². The Morgan fingerprint density at radius 1 is 1.05 bits per heavy atom. The summed E-state index contributed by atoms with van der Waals surface area (Å²) in [7, 11) is 3.34. The minimum atomic E-state index is -0.420. The average molecular weight is 589 g/mol. The minimum Gasteiger partial charge on any atom is -0.497 e. The summed E-state index contributed by atoms with van der Waals surface area (Å²) in [4.78, 5) is 37.7. The van der Waals surface area contributed by atoms with E-state index < -0.39 is 5.54 Å². The number of carbonyl (C=O) groups excluding carboxylic acids is 2. The molecule has 1 aromatic heterocycles. The predicted molar refractivity (Wildman–Crippen MR) is 166 cm³/mol. The number of carbonyl (C=O) groups is 2. The molecule has 3 amide bonds. The first kappa shape index (κ1) is 29.6. The fourth-order valence-electron chi connectivity index (χ4n) is 6.49. The van der Waals surface area contributed by atoms with Crippen LogP contribution in [0.2, 0.25) is 0 Å². The molecule has 1 spiro atoms. The van der Waals surface area contributed by atoms with Crippen LogP contribution in [0, 0.1) is 0 Å². The van der Waals surface area contributed by atoms with Crippen molar-refractivity contribution in [3.63, 3.8) is 0 Å². The van der Waals surface area contributed by atoms with Crippen LogP contribution < -0.4 is 9.47 Å². The second kappa shape index (κ2) is 12.6. The Balaban J connectivity index is 0.00000173. The highest BCUT2D eigenvalue weighted by Gasteiger charge is 2.54. The average Bonchev–Trinajstić information content (AvgIpc) is 3.60. The first-order valence-electron chi connectivity index (χ1n) is 14.8. The lowest BCUT2D eigenvalue weighted by molar-refractivity contribution is 0.0571. The molecule has 0 saturated carbocycles. The van der Waals surface area contributed by atoms with Crippen LogP contribution in [0.1, 0.15) is 55.2 Å². The van der Waals surface area contributed by atoms with E-state index in [9.17, 15) is 9.59 Å². The van der Waals surface area contributed by atoms with Gasteiger partial charge in [0.25, 0.3) is 5.91 Å². The number of allylic oxidation sites excluding steroid dienone is 1. The van der Waals surface area contributed by atoms with E-state index in [1.807, 2.05) is 77.2 Å². The highest BCUT2D eigenvalue weighted by molar-refractivity contribution is 7.13. The number of hydrogen-bond donors (Lipinski definition) is 0. The van der Waals surface area contributed by atoms with Gasteiger partial charge < -0.3 is 19.3 Å². The Hall–Kier alpha value is -3.85. The smallest absolute Gasteiger partial charge is 0.325 e. The summed E-state index contributed by atoms with van der Waals surface area (Å²) in [6, 6.07) is 14.0. The van der Waals surface area contributed by atoms with E-state index in [1.165, 1.54) is 11.3 Å². The van der Waals surface area contributed by atoms with E-state index in [4.69, 9.17) is 9.47 Å². The van der Waals surface area contributed by atoms with Gasteiger partial charge in [-0.1, -0.05) is 50.3 Å². The van der Waals surface area contributed by atoms with Crippen LogP contribution in [0.15, 0.2) is 59.6 Å². The zero-order valence-electron chi connectivity index (χ0n) is 25.2. The number of rotatable bonds is 5. The zero-order valence-corrected chi connectivity index (χ0v) is 26.0. The predicted octanol–water partition coefficient (Wildman–Crippen LogP) is 6.27. The van der Waals surface area contributed by atoms with Crippen molar-refractivity contribution in [1.82, 2.24) is 19.7 Å². The molecule has 6 rings (SSSR count). The van der Waals surface area contributed by atoms with Crippen LogP contribution in [0.4, 0.5) is 4.79 Å². The molecule has 42 heavy (non-hydrogen) atoms. The topological polar surface area (TPSA) is 75.2 Å². The molecule has 222 valence electrons. The van der Waals surface area contributed by atoms with Crippen LogP contribution in [-0.4, -0.2) is 77.6 Å². The van der Waals surface area contributed by atoms with Crippen molar-refractivity contribution >= 4 is 23.3 Å². The molecule has 9 heteroatoms. The molecular weight excluding hydrogens is 548 g/mol. The van der Waals surface area contributed by atoms with Gasteiger partial charge in [-0.2, -0.15) is 0 Å². The molecule has 2 saturated heterocycles. The maximum absolute atomic E-state index is 13.7. The number of benzene rings is 2. The first-order chi connectivity index (χ1) is 20.5. The number of thiazole rings is 1. The lowest BCUT2D eigenvalue weighted by atomic mass is 9.82. The number of amides is 3. The molecule has 3 aliphatic rings. The number of piperidine rings is 1. The van der Waals surface area contributed by atoms with E-state index in [-0.39, 0.29) is 11.9 Å². The van der Waals surface area contributed by atoms with Gasteiger partial charge in [-0.25, -0.2) is 9.78 Å². The van der Waals surface area contributed by atoms with E-state index in [1.54, 1.807) is 14.2 Å². The highest BCUT2D eigenvalue weighted by Crippen LogP contribution is 2.45. The fourth-order valence-corrected chi connectivity index (χ4v) is 7.29. The summed E-state index contributed by atoms with van der Waals surface area (Å²) in [5, 5.41) is 2.70. The second-order valence-corrected chi connectivity index (χ2v) is 11.3. The van der Waals surface area contributed by atoms with E-state index >= 15 is 0 Å². The van der Waals surface area contributed by atoms with Crippen molar-refractivity contribution in [2.24, 2.45) is 0 Å². The molecule has 4 heterocycles. The highest BCUT2D eigenvalue weighted by atomic mass is 32.1. The number of aromatic nitrogens is 1. The maximum Gasteiger partial charge on any atom is 0.325 e. The molecular formula is C33H40N4O4S. The third-order valence-electron chi connectivity index (χ3n) is 8.52. The van der Waals surface area contributed by atoms with Gasteiger partial charge >= 0.3 is 6.03 Å². The number of likely N-dealkylation sites (N-methyl/N-ethyl adjacent to an activating group) is 1. The van der Waals surface area contributed by atoms with Crippen molar-refractivity contribution in [1.29, 1.82) is 0 Å². The van der Waals surface area contributed by atoms with E-state index in [0.29, 0.717) is 51.1 Å². The summed E-state index contributed by atoms with van der Waals surface area (Å²) < 4.78 is 11.2. The Morgan fingerprint density at radius 3 is 2.45 bits per heavy atom. The number of fused-ring (bicyclic) bond motifs is 3. The summed E-state index contributed by atoms with van der Waals surface area (Å²) in [5.74, 6) is 1.52. The Morgan fingerprint density at radius 2 is 1.79 bits per heavy atom. The van der Waals surface area contributed by atoms with Gasteiger partial charge in [0.05, 0.1) is 19.8 Å². The quantitative estimate of drug-likeness (QED) is 0.351. The normalized spacial score (nSPS) is 18.6. The Kier molecular flexibility index (Phi) is 8.87. The standard InChI is InChI=1S/C31H34N4O4S.C2H6/c1-4-35-30(37)34-15-12-22-18-23(38-2)19-26(39-3)24(22)10-11-27(34)31(35)13-16-33(17-14-31)29(36)25-20-40-28(32-25)21-8-6-5-7-9-21;1-2/h5-9,11,18-20H,4,10,12-17H2,1-3H3;1-2H3/b27-11-;. The molecule has 0 N–H and O–H groups in total. The van der Waals surface area contributed by atoms with Gasteiger partial charge in [0.15, 0.2) is 0 Å². The molecule has 0 radical (unpaired) electrons. The van der Waals surface area contributed by atoms with Crippen molar-refractivity contribution in [2.75, 3.05) is 40.4 Å². The lowest BCUT2D eigenvalue weighted by Crippen LogP contribution is -2.54. The van der Waals surface area contributed by atoms with Crippen LogP contribution in [0.3, 0.4) is 0 Å². The van der Waals surface area contributed by atoms with Gasteiger partial charge in [0, 0.05) is 54.4 Å². The lowest BCUT2D eigenvalue weighted by Gasteiger charge is -2.44. The number of hydrogen-bond acceptors (Lipinski definition) is 6. The fraction of sp³-hybridized carbons (Fsp3) is 0.424. The molecule has 3 aliphatic heterocycles. The summed E-state index contributed by atoms with van der Waals surface area (Å²) >= 11 is 1.49. The number of urea groups is 1. The summed E-state index contributed by atoms with van der Waals surface area (Å²) in [6.07, 6.45) is 5.00. The van der Waals surface area contributed by atoms with Crippen LogP contribution in [-0.2, 0) is 12.8 Å². The molecule has 0 aliphatic carbocycles. The van der Waals surface area contributed by atoms with Gasteiger partial charge in [-0.05, 0) is 44.2 Å². The third-order valence-corrected chi connectivity index (χ3v) is 9.41. The number of nitrogens with zero attached hydrogens (tertiary/aromatic N) is 4. The van der Waals surface area contributed by atoms with E-state index in [0.717, 1.165) is 45.3 Å². The number of methoxy groups -OCH3 is 2. The van der Waals surface area contributed by atoms with Gasteiger partial charge in [-0.15, -0.1) is 11.3 Å². The molecule has 2 aromatic carbocycles. The van der Waals surface area contributed by atoms with Gasteiger partial charge in [0.1, 0.15) is 22.2 Å². The Labute approximate surface area is 252 Å². The van der Waals surface area contributed by atoms with Gasteiger partial charge in [0.2, 0.25) is 0 Å². The SMILES string of the molecule is CC.CCN1C(=O)N2CCc3cc(OC)cc(OC)c3C/C=C\2C12CCN(C(=O)c1csc(-c3ccccc3)n1)CC2. The molecule has 2 fully saturated rings. The number of ether oxygens (including phenoxy) is 2. The molecule has 0 atom stereocenters. The zero-order chi connectivity index (χ0) is 29.9. The van der Waals surface area contributed by atoms with Crippen LogP contribution in [0.25, 0.3) is 10.6 Å². The molecule has 0 bridgehead atoms. The van der Waals surface area contributed by atoms with Crippen molar-refractivity contribution in [3.8, 4) is 22.1 Å². The summed E-state index contributed by atoms with van der Waals surface area (Å²) in [6.45, 7) is 8.40. The molecule has 3 aromatic rings. The molecule has 0 unspecified atom stereocenters. The minimum absolute atomic E-state index is 0.0447. The van der Waals surface area contributed by atoms with Crippen molar-refractivity contribution in [2.45, 2.75) is 52.0 Å². The van der Waals surface area contributed by atoms with Crippen LogP contribution in [0.5, 0.6) is 11.5 Å².